The molecule has 0 spiro atoms. The van der Waals surface area contributed by atoms with Gasteiger partial charge in [0.15, 0.2) is 0 Å². The van der Waals surface area contributed by atoms with Gasteiger partial charge < -0.3 is 14.2 Å². The first-order valence-corrected chi connectivity index (χ1v) is 11.0. The fourth-order valence-corrected chi connectivity index (χ4v) is 4.67. The first kappa shape index (κ1) is 23.2. The number of hydrogen-bond donors (Lipinski definition) is 0. The Balaban J connectivity index is 1.90. The summed E-state index contributed by atoms with van der Waals surface area (Å²) in [6, 6.07) is 14.0. The first-order chi connectivity index (χ1) is 16.1. The summed E-state index contributed by atoms with van der Waals surface area (Å²) < 4.78 is 20.6. The molecule has 34 heavy (non-hydrogen) atoms. The van der Waals surface area contributed by atoms with E-state index in [1.165, 1.54) is 19.2 Å². The predicted molar refractivity (Wildman–Crippen MR) is 131 cm³/mol. The SMILES string of the molecule is COC(=O)C1=C(C)N(c2ccc(F)cc2)/C(=C\c2cc(C)n(-c3c(C)cccc3C)c2C)C1=O. The molecule has 0 unspecified atom stereocenters. The van der Waals surface area contributed by atoms with E-state index < -0.39 is 11.8 Å². The second-order valence-electron chi connectivity index (χ2n) is 8.52. The van der Waals surface area contributed by atoms with Crippen LogP contribution in [0.3, 0.4) is 0 Å². The molecule has 0 fully saturated rings. The van der Waals surface area contributed by atoms with Crippen molar-refractivity contribution in [3.05, 3.63) is 99.4 Å². The number of esters is 1. The van der Waals surface area contributed by atoms with Gasteiger partial charge in [0.05, 0.1) is 18.5 Å². The Morgan fingerprint density at radius 2 is 1.59 bits per heavy atom. The molecule has 0 amide bonds. The summed E-state index contributed by atoms with van der Waals surface area (Å²) in [4.78, 5) is 27.5. The molecule has 4 rings (SSSR count). The summed E-state index contributed by atoms with van der Waals surface area (Å²) in [7, 11) is 1.25. The number of nitrogens with zero attached hydrogens (tertiary/aromatic N) is 2. The van der Waals surface area contributed by atoms with E-state index in [0.717, 1.165) is 33.8 Å². The number of rotatable bonds is 4. The van der Waals surface area contributed by atoms with Crippen molar-refractivity contribution in [2.75, 3.05) is 12.0 Å². The van der Waals surface area contributed by atoms with E-state index in [1.54, 1.807) is 30.0 Å². The third-order valence-corrected chi connectivity index (χ3v) is 6.30. The maximum Gasteiger partial charge on any atom is 0.343 e. The Morgan fingerprint density at radius 3 is 2.18 bits per heavy atom. The van der Waals surface area contributed by atoms with E-state index in [4.69, 9.17) is 4.74 Å². The van der Waals surface area contributed by atoms with Crippen molar-refractivity contribution in [3.63, 3.8) is 0 Å². The smallest absolute Gasteiger partial charge is 0.343 e. The van der Waals surface area contributed by atoms with E-state index in [2.05, 4.69) is 30.5 Å². The normalized spacial score (nSPS) is 15.0. The summed E-state index contributed by atoms with van der Waals surface area (Å²) in [5.41, 5.74) is 7.58. The van der Waals surface area contributed by atoms with Gasteiger partial charge in [-0.2, -0.15) is 0 Å². The molecule has 1 aromatic heterocycles. The number of Topliss-reactive ketones (excluding diaryl/α,β-unsaturated/α-hetero) is 1. The number of para-hydroxylation sites is 1. The van der Waals surface area contributed by atoms with Gasteiger partial charge in [-0.25, -0.2) is 9.18 Å². The van der Waals surface area contributed by atoms with Crippen molar-refractivity contribution in [2.45, 2.75) is 34.6 Å². The van der Waals surface area contributed by atoms with Crippen LogP contribution in [0, 0.1) is 33.5 Å². The zero-order valence-corrected chi connectivity index (χ0v) is 20.2. The van der Waals surface area contributed by atoms with E-state index in [9.17, 15) is 14.0 Å². The Hall–Kier alpha value is -3.93. The summed E-state index contributed by atoms with van der Waals surface area (Å²) in [5, 5.41) is 0. The van der Waals surface area contributed by atoms with E-state index >= 15 is 0 Å². The highest BCUT2D eigenvalue weighted by atomic mass is 19.1. The van der Waals surface area contributed by atoms with Crippen molar-refractivity contribution >= 4 is 23.5 Å². The monoisotopic (exact) mass is 458 g/mol. The highest BCUT2D eigenvalue weighted by molar-refractivity contribution is 6.30. The summed E-state index contributed by atoms with van der Waals surface area (Å²) in [6.45, 7) is 9.87. The van der Waals surface area contributed by atoms with Crippen molar-refractivity contribution in [1.29, 1.82) is 0 Å². The third-order valence-electron chi connectivity index (χ3n) is 6.30. The maximum atomic E-state index is 13.6. The van der Waals surface area contributed by atoms with Gasteiger partial charge in [0.1, 0.15) is 11.4 Å². The highest BCUT2D eigenvalue weighted by Crippen LogP contribution is 2.37. The van der Waals surface area contributed by atoms with Gasteiger partial charge in [-0.05, 0) is 87.7 Å². The number of carbonyl (C=O) groups is 2. The molecule has 5 nitrogen and oxygen atoms in total. The fourth-order valence-electron chi connectivity index (χ4n) is 4.67. The standard InChI is InChI=1S/C28H27FN2O3/c1-16-8-7-9-17(2)26(16)30-18(3)14-21(19(30)4)15-24-27(32)25(28(33)34-6)20(5)31(24)23-12-10-22(29)11-13-23/h7-15H,1-6H3/b24-15-. The van der Waals surface area contributed by atoms with Crippen LogP contribution in [0.25, 0.3) is 11.8 Å². The summed E-state index contributed by atoms with van der Waals surface area (Å²) in [5.74, 6) is -1.50. The topological polar surface area (TPSA) is 51.5 Å². The summed E-state index contributed by atoms with van der Waals surface area (Å²) in [6.07, 6.45) is 1.79. The molecule has 0 saturated carbocycles. The van der Waals surface area contributed by atoms with E-state index in [1.807, 2.05) is 26.0 Å². The van der Waals surface area contributed by atoms with Crippen molar-refractivity contribution in [3.8, 4) is 5.69 Å². The van der Waals surface area contributed by atoms with Crippen LogP contribution in [0.4, 0.5) is 10.1 Å². The molecular formula is C28H27FN2O3. The van der Waals surface area contributed by atoms with Gasteiger partial charge in [-0.1, -0.05) is 18.2 Å². The first-order valence-electron chi connectivity index (χ1n) is 11.0. The number of halogens is 1. The van der Waals surface area contributed by atoms with Crippen LogP contribution in [-0.4, -0.2) is 23.4 Å². The number of aromatic nitrogens is 1. The second kappa shape index (κ2) is 8.78. The minimum Gasteiger partial charge on any atom is -0.465 e. The molecule has 0 bridgehead atoms. The van der Waals surface area contributed by atoms with Gasteiger partial charge in [-0.15, -0.1) is 0 Å². The molecule has 3 aromatic rings. The van der Waals surface area contributed by atoms with Gasteiger partial charge in [-0.3, -0.25) is 4.79 Å². The number of methoxy groups -OCH3 is 1. The average molecular weight is 459 g/mol. The van der Waals surface area contributed by atoms with Crippen molar-refractivity contribution < 1.29 is 18.7 Å². The molecule has 174 valence electrons. The number of hydrogen-bond acceptors (Lipinski definition) is 4. The Bertz CT molecular complexity index is 1360. The van der Waals surface area contributed by atoms with Crippen LogP contribution in [0.5, 0.6) is 0 Å². The molecule has 0 saturated heterocycles. The van der Waals surface area contributed by atoms with Gasteiger partial charge in [0, 0.05) is 22.8 Å². The van der Waals surface area contributed by atoms with Gasteiger partial charge >= 0.3 is 5.97 Å². The largest absolute Gasteiger partial charge is 0.465 e. The Kier molecular flexibility index (Phi) is 6.00. The molecule has 0 atom stereocenters. The van der Waals surface area contributed by atoms with Gasteiger partial charge in [0.2, 0.25) is 5.78 Å². The van der Waals surface area contributed by atoms with Crippen LogP contribution >= 0.6 is 0 Å². The molecule has 6 heteroatoms. The van der Waals surface area contributed by atoms with Crippen LogP contribution in [0.1, 0.15) is 35.0 Å². The molecule has 2 heterocycles. The number of ether oxygens (including phenoxy) is 1. The number of anilines is 1. The van der Waals surface area contributed by atoms with E-state index in [-0.39, 0.29) is 11.4 Å². The molecule has 0 radical (unpaired) electrons. The number of allylic oxidation sites excluding steroid dienone is 2. The Labute approximate surface area is 198 Å². The molecule has 2 aromatic carbocycles. The summed E-state index contributed by atoms with van der Waals surface area (Å²) >= 11 is 0. The maximum absolute atomic E-state index is 13.6. The number of carbonyl (C=O) groups excluding carboxylic acids is 2. The minimum atomic E-state index is -0.695. The predicted octanol–water partition coefficient (Wildman–Crippen LogP) is 5.73. The zero-order chi connectivity index (χ0) is 24.7. The lowest BCUT2D eigenvalue weighted by Gasteiger charge is -2.21. The lowest BCUT2D eigenvalue weighted by atomic mass is 10.1. The van der Waals surface area contributed by atoms with Gasteiger partial charge in [0.25, 0.3) is 0 Å². The van der Waals surface area contributed by atoms with Crippen LogP contribution in [0.2, 0.25) is 0 Å². The van der Waals surface area contributed by atoms with Crippen LogP contribution in [-0.2, 0) is 14.3 Å². The number of aryl methyl sites for hydroxylation is 3. The molecule has 0 aliphatic carbocycles. The average Bonchev–Trinajstić information content (AvgIpc) is 3.21. The van der Waals surface area contributed by atoms with E-state index in [0.29, 0.717) is 17.1 Å². The molecule has 0 N–H and O–H groups in total. The van der Waals surface area contributed by atoms with Crippen LogP contribution in [0.15, 0.2) is 65.5 Å². The lowest BCUT2D eigenvalue weighted by molar-refractivity contribution is -0.137. The number of benzene rings is 2. The van der Waals surface area contributed by atoms with Crippen LogP contribution < -0.4 is 4.90 Å². The second-order valence-corrected chi connectivity index (χ2v) is 8.52. The third kappa shape index (κ3) is 3.75. The number of ketones is 1. The lowest BCUT2D eigenvalue weighted by Crippen LogP contribution is -2.18. The molecule has 1 aliphatic rings. The Morgan fingerprint density at radius 1 is 0.971 bits per heavy atom. The van der Waals surface area contributed by atoms with Crippen molar-refractivity contribution in [2.24, 2.45) is 0 Å². The molecule has 1 aliphatic heterocycles. The highest BCUT2D eigenvalue weighted by Gasteiger charge is 2.38. The zero-order valence-electron chi connectivity index (χ0n) is 20.2. The molecular weight excluding hydrogens is 431 g/mol. The minimum absolute atomic E-state index is 0.0263. The van der Waals surface area contributed by atoms with Crippen molar-refractivity contribution in [1.82, 2.24) is 4.57 Å². The quantitative estimate of drug-likeness (QED) is 0.285. The fraction of sp³-hybridized carbons (Fsp3) is 0.214.